The predicted octanol–water partition coefficient (Wildman–Crippen LogP) is 1.23. The minimum Gasteiger partial charge on any atom is -0.387 e. The molecule has 1 amide bonds. The van der Waals surface area contributed by atoms with E-state index in [2.05, 4.69) is 10.6 Å². The van der Waals surface area contributed by atoms with E-state index in [0.717, 1.165) is 5.69 Å². The molecule has 0 radical (unpaired) electrons. The van der Waals surface area contributed by atoms with Crippen molar-refractivity contribution < 1.29 is 9.00 Å². The lowest BCUT2D eigenvalue weighted by Gasteiger charge is -2.12. The summed E-state index contributed by atoms with van der Waals surface area (Å²) in [4.78, 5) is 11.9. The summed E-state index contributed by atoms with van der Waals surface area (Å²) >= 11 is 0. The van der Waals surface area contributed by atoms with Crippen molar-refractivity contribution in [2.45, 2.75) is 12.2 Å². The number of nitrogens with one attached hydrogen (secondary N) is 2. The molecule has 2 atom stereocenters. The van der Waals surface area contributed by atoms with Gasteiger partial charge in [0.1, 0.15) is 0 Å². The van der Waals surface area contributed by atoms with Gasteiger partial charge in [-0.15, -0.1) is 0 Å². The summed E-state index contributed by atoms with van der Waals surface area (Å²) in [5.41, 5.74) is 1.39. The van der Waals surface area contributed by atoms with Gasteiger partial charge in [0.25, 0.3) is 5.91 Å². The molecule has 0 spiro atoms. The molecule has 0 aromatic heterocycles. The van der Waals surface area contributed by atoms with E-state index in [9.17, 15) is 9.00 Å². The summed E-state index contributed by atoms with van der Waals surface area (Å²) in [5.74, 6) is -0.146. The maximum absolute atomic E-state index is 11.9. The van der Waals surface area contributed by atoms with E-state index >= 15 is 0 Å². The third kappa shape index (κ3) is 3.85. The van der Waals surface area contributed by atoms with E-state index < -0.39 is 10.8 Å². The van der Waals surface area contributed by atoms with Gasteiger partial charge in [-0.25, -0.2) is 0 Å². The zero-order valence-corrected chi connectivity index (χ0v) is 11.1. The molecule has 0 saturated heterocycles. The smallest absolute Gasteiger partial charge is 0.253 e. The average molecular weight is 254 g/mol. The molecule has 0 fully saturated rings. The van der Waals surface area contributed by atoms with Gasteiger partial charge in [0.05, 0.1) is 5.56 Å². The summed E-state index contributed by atoms with van der Waals surface area (Å²) in [6, 6.07) is 7.29. The summed E-state index contributed by atoms with van der Waals surface area (Å²) in [6.07, 6.45) is 1.64. The van der Waals surface area contributed by atoms with Crippen molar-refractivity contribution in [2.24, 2.45) is 0 Å². The average Bonchev–Trinajstić information content (AvgIpc) is 2.35. The molecular formula is C12H18N2O2S. The van der Waals surface area contributed by atoms with Crippen LogP contribution in [0.3, 0.4) is 0 Å². The van der Waals surface area contributed by atoms with E-state index in [1.54, 1.807) is 19.4 Å². The van der Waals surface area contributed by atoms with Crippen LogP contribution in [0.1, 0.15) is 17.3 Å². The highest BCUT2D eigenvalue weighted by atomic mass is 32.2. The Bertz CT molecular complexity index is 421. The van der Waals surface area contributed by atoms with Crippen LogP contribution < -0.4 is 10.6 Å². The van der Waals surface area contributed by atoms with Crippen LogP contribution in [0.5, 0.6) is 0 Å². The minimum atomic E-state index is -0.921. The maximum atomic E-state index is 11.9. The van der Waals surface area contributed by atoms with E-state index in [0.29, 0.717) is 12.1 Å². The molecule has 1 aromatic rings. The van der Waals surface area contributed by atoms with Crippen LogP contribution >= 0.6 is 0 Å². The first-order valence-corrected chi connectivity index (χ1v) is 7.05. The van der Waals surface area contributed by atoms with Crippen LogP contribution in [0.15, 0.2) is 24.3 Å². The number of rotatable bonds is 5. The number of amides is 1. The van der Waals surface area contributed by atoms with Crippen LogP contribution in [-0.4, -0.2) is 35.2 Å². The first-order chi connectivity index (χ1) is 8.06. The molecule has 0 heterocycles. The standard InChI is InChI=1S/C12H18N2O2S/c1-9(17(3)16)8-14-12(15)10-6-4-5-7-11(10)13-2/h4-7,9,13H,8H2,1-3H3,(H,14,15). The van der Waals surface area contributed by atoms with Crippen molar-refractivity contribution >= 4 is 22.4 Å². The number of benzene rings is 1. The van der Waals surface area contributed by atoms with Crippen molar-refractivity contribution in [1.82, 2.24) is 5.32 Å². The molecule has 1 rings (SSSR count). The molecule has 4 nitrogen and oxygen atoms in total. The summed E-state index contributed by atoms with van der Waals surface area (Å²) in [6.45, 7) is 2.26. The summed E-state index contributed by atoms with van der Waals surface area (Å²) in [5, 5.41) is 5.71. The third-order valence-electron chi connectivity index (χ3n) is 2.56. The topological polar surface area (TPSA) is 58.2 Å². The van der Waals surface area contributed by atoms with Crippen molar-refractivity contribution in [1.29, 1.82) is 0 Å². The van der Waals surface area contributed by atoms with E-state index in [1.165, 1.54) is 0 Å². The second kappa shape index (κ2) is 6.39. The molecule has 2 N–H and O–H groups in total. The number of carbonyl (C=O) groups is 1. The van der Waals surface area contributed by atoms with Gasteiger partial charge in [0, 0.05) is 41.6 Å². The quantitative estimate of drug-likeness (QED) is 0.831. The monoisotopic (exact) mass is 254 g/mol. The van der Waals surface area contributed by atoms with Crippen LogP contribution in [0.4, 0.5) is 5.69 Å². The molecule has 17 heavy (non-hydrogen) atoms. The fraction of sp³-hybridized carbons (Fsp3) is 0.417. The molecule has 94 valence electrons. The van der Waals surface area contributed by atoms with Gasteiger partial charge >= 0.3 is 0 Å². The molecule has 0 aliphatic carbocycles. The van der Waals surface area contributed by atoms with Crippen molar-refractivity contribution in [3.8, 4) is 0 Å². The van der Waals surface area contributed by atoms with Crippen molar-refractivity contribution in [2.75, 3.05) is 25.2 Å². The molecular weight excluding hydrogens is 236 g/mol. The Hall–Kier alpha value is -1.36. The first kappa shape index (κ1) is 13.7. The maximum Gasteiger partial charge on any atom is 0.253 e. The van der Waals surface area contributed by atoms with E-state index in [-0.39, 0.29) is 11.2 Å². The minimum absolute atomic E-state index is 0.0410. The molecule has 1 aromatic carbocycles. The Morgan fingerprint density at radius 1 is 1.41 bits per heavy atom. The first-order valence-electron chi connectivity index (χ1n) is 5.43. The number of anilines is 1. The molecule has 0 aliphatic rings. The molecule has 5 heteroatoms. The number of carbonyl (C=O) groups excluding carboxylic acids is 1. The number of para-hydroxylation sites is 1. The number of hydrogen-bond donors (Lipinski definition) is 2. The van der Waals surface area contributed by atoms with Gasteiger partial charge < -0.3 is 10.6 Å². The van der Waals surface area contributed by atoms with Crippen LogP contribution in [0.2, 0.25) is 0 Å². The highest BCUT2D eigenvalue weighted by Gasteiger charge is 2.12. The van der Waals surface area contributed by atoms with Gasteiger partial charge in [-0.05, 0) is 19.1 Å². The molecule has 0 bridgehead atoms. The number of hydrogen-bond acceptors (Lipinski definition) is 3. The largest absolute Gasteiger partial charge is 0.387 e. The molecule has 0 saturated carbocycles. The predicted molar refractivity (Wildman–Crippen MR) is 71.9 cm³/mol. The molecule has 2 unspecified atom stereocenters. The summed E-state index contributed by atoms with van der Waals surface area (Å²) in [7, 11) is 0.853. The van der Waals surface area contributed by atoms with Crippen molar-refractivity contribution in [3.63, 3.8) is 0 Å². The zero-order valence-electron chi connectivity index (χ0n) is 10.3. The van der Waals surface area contributed by atoms with Crippen LogP contribution in [-0.2, 0) is 10.8 Å². The highest BCUT2D eigenvalue weighted by Crippen LogP contribution is 2.13. The lowest BCUT2D eigenvalue weighted by atomic mass is 10.1. The second-order valence-corrected chi connectivity index (χ2v) is 5.62. The third-order valence-corrected chi connectivity index (χ3v) is 3.86. The van der Waals surface area contributed by atoms with Gasteiger partial charge in [-0.2, -0.15) is 0 Å². The Morgan fingerprint density at radius 2 is 2.06 bits per heavy atom. The Balaban J connectivity index is 2.67. The van der Waals surface area contributed by atoms with E-state index in [1.807, 2.05) is 25.1 Å². The SMILES string of the molecule is CNc1ccccc1C(=O)NCC(C)S(C)=O. The Kier molecular flexibility index (Phi) is 5.15. The normalized spacial score (nSPS) is 13.8. The van der Waals surface area contributed by atoms with Gasteiger partial charge in [-0.3, -0.25) is 9.00 Å². The molecule has 0 aliphatic heterocycles. The lowest BCUT2D eigenvalue weighted by Crippen LogP contribution is -2.32. The van der Waals surface area contributed by atoms with Crippen LogP contribution in [0, 0.1) is 0 Å². The fourth-order valence-corrected chi connectivity index (χ4v) is 1.67. The van der Waals surface area contributed by atoms with Crippen molar-refractivity contribution in [3.05, 3.63) is 29.8 Å². The zero-order chi connectivity index (χ0) is 12.8. The van der Waals surface area contributed by atoms with Gasteiger partial charge in [0.2, 0.25) is 0 Å². The lowest BCUT2D eigenvalue weighted by molar-refractivity contribution is 0.0955. The summed E-state index contributed by atoms with van der Waals surface area (Å²) < 4.78 is 11.2. The van der Waals surface area contributed by atoms with Crippen LogP contribution in [0.25, 0.3) is 0 Å². The second-order valence-electron chi connectivity index (χ2n) is 3.81. The van der Waals surface area contributed by atoms with Gasteiger partial charge in [0.15, 0.2) is 0 Å². The fourth-order valence-electron chi connectivity index (χ4n) is 1.35. The highest BCUT2D eigenvalue weighted by molar-refractivity contribution is 7.84. The Labute approximate surface area is 104 Å². The Morgan fingerprint density at radius 3 is 2.65 bits per heavy atom. The van der Waals surface area contributed by atoms with E-state index in [4.69, 9.17) is 0 Å². The van der Waals surface area contributed by atoms with Gasteiger partial charge in [-0.1, -0.05) is 12.1 Å².